The molecular formula is C30H39N5O3. The zero-order chi connectivity index (χ0) is 27.3. The van der Waals surface area contributed by atoms with Crippen molar-refractivity contribution in [2.24, 2.45) is 0 Å². The van der Waals surface area contributed by atoms with Crippen molar-refractivity contribution in [3.63, 3.8) is 0 Å². The first-order valence-electron chi connectivity index (χ1n) is 13.5. The summed E-state index contributed by atoms with van der Waals surface area (Å²) in [7, 11) is 0. The maximum absolute atomic E-state index is 14.5. The highest BCUT2D eigenvalue weighted by molar-refractivity contribution is 6.06. The minimum absolute atomic E-state index is 0.0555. The van der Waals surface area contributed by atoms with Crippen LogP contribution in [0.1, 0.15) is 77.0 Å². The second-order valence-electron chi connectivity index (χ2n) is 11.6. The van der Waals surface area contributed by atoms with Crippen LogP contribution in [0.3, 0.4) is 0 Å². The number of nitriles is 1. The number of nitrogens with one attached hydrogen (secondary N) is 1. The fourth-order valence-electron chi connectivity index (χ4n) is 5.34. The zero-order valence-corrected chi connectivity index (χ0v) is 22.9. The Balaban J connectivity index is 1.82. The third kappa shape index (κ3) is 5.83. The number of hydrogen-bond acceptors (Lipinski definition) is 6. The van der Waals surface area contributed by atoms with E-state index < -0.39 is 11.6 Å². The summed E-state index contributed by atoms with van der Waals surface area (Å²) in [5.41, 5.74) is 0.971. The first-order chi connectivity index (χ1) is 18.1. The maximum Gasteiger partial charge on any atom is 0.256 e. The quantitative estimate of drug-likeness (QED) is 0.568. The molecule has 1 saturated heterocycles. The molecule has 8 heteroatoms. The number of amides is 2. The smallest absolute Gasteiger partial charge is 0.256 e. The minimum atomic E-state index is -1.26. The molecule has 2 atom stereocenters. The molecule has 1 aliphatic heterocycles. The number of hydrogen-bond donors (Lipinski definition) is 1. The van der Waals surface area contributed by atoms with Gasteiger partial charge in [0.15, 0.2) is 6.19 Å². The molecule has 38 heavy (non-hydrogen) atoms. The van der Waals surface area contributed by atoms with Crippen molar-refractivity contribution in [3.05, 3.63) is 59.9 Å². The van der Waals surface area contributed by atoms with Crippen molar-refractivity contribution in [2.75, 3.05) is 24.7 Å². The van der Waals surface area contributed by atoms with Crippen LogP contribution in [-0.2, 0) is 19.7 Å². The van der Waals surface area contributed by atoms with Gasteiger partial charge in [-0.2, -0.15) is 5.26 Å². The first-order valence-corrected chi connectivity index (χ1v) is 13.5. The molecule has 0 radical (unpaired) electrons. The molecular weight excluding hydrogens is 478 g/mol. The highest BCUT2D eigenvalue weighted by atomic mass is 16.5. The van der Waals surface area contributed by atoms with E-state index in [9.17, 15) is 14.9 Å². The van der Waals surface area contributed by atoms with Gasteiger partial charge in [-0.05, 0) is 48.9 Å². The van der Waals surface area contributed by atoms with Crippen molar-refractivity contribution in [1.29, 1.82) is 5.26 Å². The van der Waals surface area contributed by atoms with Crippen molar-refractivity contribution >= 4 is 17.5 Å². The minimum Gasteiger partial charge on any atom is -0.377 e. The third-order valence-electron chi connectivity index (χ3n) is 7.71. The SMILES string of the molecule is CC(C)(C)c1ccc(N(C(=O)[C@@]2(C)COCCN2C#N)C(C(=O)NC2CCCCC2)c2cccnc2)cc1. The molecule has 1 unspecified atom stereocenters. The Morgan fingerprint density at radius 2 is 1.89 bits per heavy atom. The van der Waals surface area contributed by atoms with Crippen molar-refractivity contribution in [1.82, 2.24) is 15.2 Å². The van der Waals surface area contributed by atoms with Gasteiger partial charge in [0.2, 0.25) is 5.91 Å². The van der Waals surface area contributed by atoms with Gasteiger partial charge in [0.25, 0.3) is 5.91 Å². The van der Waals surface area contributed by atoms with Crippen molar-refractivity contribution in [2.45, 2.75) is 82.8 Å². The summed E-state index contributed by atoms with van der Waals surface area (Å²) in [5.74, 6) is -0.614. The Hall–Kier alpha value is -3.44. The number of morpholine rings is 1. The molecule has 2 fully saturated rings. The van der Waals surface area contributed by atoms with Gasteiger partial charge >= 0.3 is 0 Å². The first kappa shape index (κ1) is 27.6. The molecule has 0 bridgehead atoms. The van der Waals surface area contributed by atoms with Gasteiger partial charge in [-0.25, -0.2) is 0 Å². The summed E-state index contributed by atoms with van der Waals surface area (Å²) in [5, 5.41) is 13.1. The van der Waals surface area contributed by atoms with Gasteiger partial charge in [0, 0.05) is 29.7 Å². The van der Waals surface area contributed by atoms with E-state index in [1.54, 1.807) is 30.3 Å². The number of aromatic nitrogens is 1. The molecule has 0 spiro atoms. The maximum atomic E-state index is 14.5. The van der Waals surface area contributed by atoms with E-state index >= 15 is 0 Å². The number of nitrogens with zero attached hydrogens (tertiary/aromatic N) is 4. The van der Waals surface area contributed by atoms with E-state index in [1.807, 2.05) is 30.3 Å². The number of rotatable bonds is 6. The number of anilines is 1. The second-order valence-corrected chi connectivity index (χ2v) is 11.6. The molecule has 1 aromatic heterocycles. The van der Waals surface area contributed by atoms with E-state index in [-0.39, 0.29) is 29.9 Å². The lowest BCUT2D eigenvalue weighted by Gasteiger charge is -2.44. The van der Waals surface area contributed by atoms with Crippen LogP contribution < -0.4 is 10.2 Å². The number of pyridine rings is 1. The molecule has 2 aliphatic rings. The molecule has 1 N–H and O–H groups in total. The average Bonchev–Trinajstić information content (AvgIpc) is 2.92. The van der Waals surface area contributed by atoms with E-state index in [0.29, 0.717) is 24.4 Å². The Labute approximate surface area is 226 Å². The molecule has 4 rings (SSSR count). The summed E-state index contributed by atoms with van der Waals surface area (Å²) >= 11 is 0. The lowest BCUT2D eigenvalue weighted by Crippen LogP contribution is -2.63. The molecule has 2 amide bonds. The normalized spacial score (nSPS) is 21.3. The Morgan fingerprint density at radius 3 is 2.50 bits per heavy atom. The highest BCUT2D eigenvalue weighted by Gasteiger charge is 2.48. The van der Waals surface area contributed by atoms with Gasteiger partial charge in [-0.3, -0.25) is 24.4 Å². The van der Waals surface area contributed by atoms with E-state index in [2.05, 4.69) is 37.3 Å². The third-order valence-corrected chi connectivity index (χ3v) is 7.71. The largest absolute Gasteiger partial charge is 0.377 e. The van der Waals surface area contributed by atoms with Crippen LogP contribution in [-0.4, -0.2) is 53.0 Å². The predicted octanol–water partition coefficient (Wildman–Crippen LogP) is 4.47. The molecule has 8 nitrogen and oxygen atoms in total. The lowest BCUT2D eigenvalue weighted by molar-refractivity contribution is -0.139. The predicted molar refractivity (Wildman–Crippen MR) is 146 cm³/mol. The fourth-order valence-corrected chi connectivity index (χ4v) is 5.34. The number of carbonyl (C=O) groups excluding carboxylic acids is 2. The monoisotopic (exact) mass is 517 g/mol. The molecule has 1 aromatic carbocycles. The average molecular weight is 518 g/mol. The van der Waals surface area contributed by atoms with Gasteiger partial charge in [-0.1, -0.05) is 58.2 Å². The van der Waals surface area contributed by atoms with Crippen molar-refractivity contribution in [3.8, 4) is 6.19 Å². The highest BCUT2D eigenvalue weighted by Crippen LogP contribution is 2.35. The van der Waals surface area contributed by atoms with Crippen LogP contribution in [0.2, 0.25) is 0 Å². The van der Waals surface area contributed by atoms with Gasteiger partial charge in [0.05, 0.1) is 19.8 Å². The summed E-state index contributed by atoms with van der Waals surface area (Å²) in [6.45, 7) is 8.84. The molecule has 2 heterocycles. The van der Waals surface area contributed by atoms with Crippen molar-refractivity contribution < 1.29 is 14.3 Å². The topological polar surface area (TPSA) is 98.6 Å². The fraction of sp³-hybridized carbons (Fsp3) is 0.533. The Kier molecular flexibility index (Phi) is 8.37. The van der Waals surface area contributed by atoms with Crippen LogP contribution >= 0.6 is 0 Å². The Morgan fingerprint density at radius 1 is 1.18 bits per heavy atom. The van der Waals surface area contributed by atoms with E-state index in [1.165, 1.54) is 11.3 Å². The van der Waals surface area contributed by atoms with Crippen LogP contribution in [0.5, 0.6) is 0 Å². The van der Waals surface area contributed by atoms with E-state index in [0.717, 1.165) is 31.2 Å². The van der Waals surface area contributed by atoms with Crippen LogP contribution in [0.15, 0.2) is 48.8 Å². The van der Waals surface area contributed by atoms with Gasteiger partial charge in [-0.15, -0.1) is 0 Å². The molecule has 2 aromatic rings. The molecule has 1 saturated carbocycles. The number of carbonyl (C=O) groups is 2. The van der Waals surface area contributed by atoms with E-state index in [4.69, 9.17) is 4.74 Å². The summed E-state index contributed by atoms with van der Waals surface area (Å²) in [4.78, 5) is 35.9. The summed E-state index contributed by atoms with van der Waals surface area (Å²) < 4.78 is 5.70. The second kappa shape index (κ2) is 11.5. The molecule has 202 valence electrons. The Bertz CT molecular complexity index is 1150. The lowest BCUT2D eigenvalue weighted by atomic mass is 9.87. The number of benzene rings is 1. The number of ether oxygens (including phenoxy) is 1. The summed E-state index contributed by atoms with van der Waals surface area (Å²) in [6.07, 6.45) is 10.6. The van der Waals surface area contributed by atoms with Crippen LogP contribution in [0.25, 0.3) is 0 Å². The van der Waals surface area contributed by atoms with Crippen LogP contribution in [0, 0.1) is 11.5 Å². The van der Waals surface area contributed by atoms with Crippen LogP contribution in [0.4, 0.5) is 5.69 Å². The molecule has 1 aliphatic carbocycles. The van der Waals surface area contributed by atoms with Gasteiger partial charge in [0.1, 0.15) is 11.6 Å². The summed E-state index contributed by atoms with van der Waals surface area (Å²) in [6, 6.07) is 10.5. The standard InChI is InChI=1S/C30H39N5O3/c1-29(2,3)23-12-14-25(15-13-23)35(28(37)30(4)20-38-18-17-34(30)21-31)26(22-9-8-16-32-19-22)27(36)33-24-10-6-5-7-11-24/h8-9,12-16,19,24,26H,5-7,10-11,17-18,20H2,1-4H3,(H,33,36)/t26?,30-/m1/s1. The zero-order valence-electron chi connectivity index (χ0n) is 22.9. The van der Waals surface area contributed by atoms with Gasteiger partial charge < -0.3 is 10.1 Å².